The third-order valence-corrected chi connectivity index (χ3v) is 6.09. The topological polar surface area (TPSA) is 0 Å². The average molecular weight is 593 g/mol. The first kappa shape index (κ1) is 32.6. The van der Waals surface area contributed by atoms with E-state index in [9.17, 15) is 0 Å². The van der Waals surface area contributed by atoms with Gasteiger partial charge in [-0.3, -0.25) is 6.08 Å². The van der Waals surface area contributed by atoms with Crippen molar-refractivity contribution in [1.82, 2.24) is 0 Å². The Morgan fingerprint density at radius 3 is 2.18 bits per heavy atom. The van der Waals surface area contributed by atoms with E-state index in [1.54, 1.807) is 23.3 Å². The molecule has 2 aromatic rings. The van der Waals surface area contributed by atoms with Gasteiger partial charge in [0.25, 0.3) is 0 Å². The monoisotopic (exact) mass is 590 g/mol. The summed E-state index contributed by atoms with van der Waals surface area (Å²) in [6.45, 7) is 17.6. The Bertz CT molecular complexity index is 1130. The van der Waals surface area contributed by atoms with Crippen LogP contribution < -0.4 is 24.8 Å². The van der Waals surface area contributed by atoms with Crippen LogP contribution in [0.1, 0.15) is 52.2 Å². The van der Waals surface area contributed by atoms with Gasteiger partial charge in [0, 0.05) is 11.3 Å². The summed E-state index contributed by atoms with van der Waals surface area (Å²) in [6.07, 6.45) is 8.66. The van der Waals surface area contributed by atoms with Gasteiger partial charge < -0.3 is 24.8 Å². The molecule has 0 radical (unpaired) electrons. The first-order valence-electron chi connectivity index (χ1n) is 10.9. The van der Waals surface area contributed by atoms with E-state index >= 15 is 0 Å². The third-order valence-electron chi connectivity index (χ3n) is 5.70. The molecule has 1 atom stereocenters. The minimum atomic E-state index is 0. The van der Waals surface area contributed by atoms with Gasteiger partial charge in [-0.15, -0.1) is 41.5 Å². The van der Waals surface area contributed by atoms with Crippen LogP contribution in [0.4, 0.5) is 0 Å². The van der Waals surface area contributed by atoms with E-state index in [4.69, 9.17) is 12.2 Å². The van der Waals surface area contributed by atoms with Crippen molar-refractivity contribution in [1.29, 1.82) is 0 Å². The van der Waals surface area contributed by atoms with Gasteiger partial charge in [0.05, 0.1) is 0 Å². The van der Waals surface area contributed by atoms with E-state index in [0.29, 0.717) is 5.92 Å². The summed E-state index contributed by atoms with van der Waals surface area (Å²) in [4.78, 5) is 1.05. The minimum Gasteiger partial charge on any atom is -1.00 e. The van der Waals surface area contributed by atoms with Crippen molar-refractivity contribution in [3.8, 4) is 0 Å². The quantitative estimate of drug-likeness (QED) is 0.279. The van der Waals surface area contributed by atoms with Gasteiger partial charge in [-0.1, -0.05) is 75.2 Å². The number of halogens is 2. The molecule has 0 nitrogen and oxygen atoms in total. The Hall–Kier alpha value is -0.440. The standard InChI is InChI=1S/C17H15S.C9H13.C2H6Si.2ClH.Zr/c1-11-6-7-17(18)16(9-11)14-5-3-4-13-8-12(2)10-15(13)14;1-6-5-7(2)9(4)8(6)3;1-3-2;;;/h3-6,8-10H,7H2,1-2H3;6H,1-4H3;1-2H3;2*1H;/q2*-1;;;;+2/p-2. The van der Waals surface area contributed by atoms with Crippen LogP contribution in [0.2, 0.25) is 13.1 Å². The van der Waals surface area contributed by atoms with Gasteiger partial charge in [-0.2, -0.15) is 17.2 Å². The van der Waals surface area contributed by atoms with E-state index in [1.807, 2.05) is 0 Å². The zero-order valence-electron chi connectivity index (χ0n) is 21.0. The molecule has 4 rings (SSSR count). The van der Waals surface area contributed by atoms with Gasteiger partial charge >= 0.3 is 41.9 Å². The number of fused-ring (bicyclic) bond motifs is 1. The molecule has 0 saturated heterocycles. The van der Waals surface area contributed by atoms with E-state index in [-0.39, 0.29) is 30.2 Å². The van der Waals surface area contributed by atoms with Crippen LogP contribution >= 0.6 is 12.2 Å². The molecule has 0 bridgehead atoms. The molecule has 0 fully saturated rings. The molecule has 5 heteroatoms. The molecular weight excluding hydrogens is 559 g/mol. The molecule has 176 valence electrons. The van der Waals surface area contributed by atoms with Gasteiger partial charge in [0.2, 0.25) is 0 Å². The second-order valence-corrected chi connectivity index (χ2v) is 18.6. The second kappa shape index (κ2) is 14.8. The van der Waals surface area contributed by atoms with E-state index in [0.717, 1.165) is 11.3 Å². The van der Waals surface area contributed by atoms with Crippen LogP contribution in [-0.2, 0) is 23.3 Å². The van der Waals surface area contributed by atoms with Crippen LogP contribution in [0.3, 0.4) is 0 Å². The van der Waals surface area contributed by atoms with Crippen LogP contribution in [0.25, 0.3) is 16.3 Å². The van der Waals surface area contributed by atoms with Crippen molar-refractivity contribution in [3.05, 3.63) is 82.0 Å². The molecule has 0 N–H and O–H groups in total. The van der Waals surface area contributed by atoms with Crippen molar-refractivity contribution in [2.24, 2.45) is 5.92 Å². The molecule has 0 aliphatic heterocycles. The zero-order chi connectivity index (χ0) is 23.3. The molecule has 0 heterocycles. The predicted molar refractivity (Wildman–Crippen MR) is 141 cm³/mol. The number of rotatable bonds is 1. The van der Waals surface area contributed by atoms with E-state index in [2.05, 4.69) is 103 Å². The number of aryl methyl sites for hydroxylation is 1. The van der Waals surface area contributed by atoms with Crippen LogP contribution in [0.15, 0.2) is 64.8 Å². The molecule has 0 saturated carbocycles. The van der Waals surface area contributed by atoms with Crippen LogP contribution in [-0.4, -0.2) is 10.3 Å². The summed E-state index contributed by atoms with van der Waals surface area (Å²) in [5, 5.41) is 2.62. The van der Waals surface area contributed by atoms with E-state index < -0.39 is 0 Å². The summed E-state index contributed by atoms with van der Waals surface area (Å²) in [7, 11) is 0. The van der Waals surface area contributed by atoms with E-state index in [1.165, 1.54) is 49.8 Å². The predicted octanol–water partition coefficient (Wildman–Crippen LogP) is 2.48. The van der Waals surface area contributed by atoms with Gasteiger partial charge in [0.15, 0.2) is 0 Å². The molecule has 1 unspecified atom stereocenters. The zero-order valence-corrected chi connectivity index (χ0v) is 26.8. The molecular formula is C28H34Cl2SSiZr-2. The first-order valence-corrected chi connectivity index (χ1v) is 17.5. The fourth-order valence-electron chi connectivity index (χ4n) is 3.74. The van der Waals surface area contributed by atoms with Crippen LogP contribution in [0, 0.1) is 18.9 Å². The summed E-state index contributed by atoms with van der Waals surface area (Å²) in [5.41, 5.74) is 9.57. The summed E-state index contributed by atoms with van der Waals surface area (Å²) in [5.74, 6) is 0.560. The summed E-state index contributed by atoms with van der Waals surface area (Å²) >= 11 is 7.26. The second-order valence-electron chi connectivity index (χ2n) is 8.77. The maximum Gasteiger partial charge on any atom is -1.00 e. The molecule has 0 amide bonds. The van der Waals surface area contributed by atoms with Crippen molar-refractivity contribution in [2.45, 2.75) is 61.1 Å². The fraction of sp³-hybridized carbons (Fsp3) is 0.357. The summed E-state index contributed by atoms with van der Waals surface area (Å²) in [6, 6.07) is 10.9. The Labute approximate surface area is 234 Å². The Morgan fingerprint density at radius 1 is 1.09 bits per heavy atom. The molecule has 2 aliphatic rings. The maximum absolute atomic E-state index is 5.52. The fourth-order valence-corrected chi connectivity index (χ4v) is 3.99. The average Bonchev–Trinajstić information content (AvgIpc) is 3.18. The number of thiocarbonyl (C=S) groups is 1. The number of benzene rings is 1. The number of hydrogen-bond donors (Lipinski definition) is 0. The first-order chi connectivity index (χ1) is 14.5. The molecule has 0 aromatic heterocycles. The number of hydrogen-bond acceptors (Lipinski definition) is 1. The molecule has 2 aliphatic carbocycles. The smallest absolute Gasteiger partial charge is 1.00 e. The van der Waals surface area contributed by atoms with Crippen molar-refractivity contribution >= 4 is 38.9 Å². The Kier molecular flexibility index (Phi) is 14.6. The van der Waals surface area contributed by atoms with Gasteiger partial charge in [-0.05, 0) is 12.5 Å². The normalized spacial score (nSPS) is 16.8. The molecule has 2 aromatic carbocycles. The largest absolute Gasteiger partial charge is 1.00 e. The van der Waals surface area contributed by atoms with Crippen molar-refractivity contribution in [2.75, 3.05) is 0 Å². The molecule has 33 heavy (non-hydrogen) atoms. The Morgan fingerprint density at radius 2 is 1.70 bits per heavy atom. The number of allylic oxidation sites excluding steroid dienone is 8. The van der Waals surface area contributed by atoms with Gasteiger partial charge in [-0.25, -0.2) is 5.57 Å². The van der Waals surface area contributed by atoms with Crippen LogP contribution in [0.5, 0.6) is 0 Å². The summed E-state index contributed by atoms with van der Waals surface area (Å²) < 4.78 is 0. The SMILES string of the molecule is CC1=CCC(=S)C(c2cccc3[cH-]c(C)cc23)=C1.CC1=[C-]C(C)C(C)=C1C.C[Si](C)=[Zr+2].[Cl-].[Cl-]. The van der Waals surface area contributed by atoms with Gasteiger partial charge in [0.1, 0.15) is 0 Å². The molecule has 0 spiro atoms. The maximum atomic E-state index is 5.52. The van der Waals surface area contributed by atoms with Crippen molar-refractivity contribution < 1.29 is 48.1 Å². The Balaban J connectivity index is 0.000000580. The third kappa shape index (κ3) is 9.26. The van der Waals surface area contributed by atoms with Crippen molar-refractivity contribution in [3.63, 3.8) is 0 Å². The minimum absolute atomic E-state index is 0.